The second-order valence-electron chi connectivity index (χ2n) is 3.75. The lowest BCUT2D eigenvalue weighted by atomic mass is 10.1. The van der Waals surface area contributed by atoms with E-state index in [0.29, 0.717) is 0 Å². The first-order valence-electron chi connectivity index (χ1n) is 4.97. The summed E-state index contributed by atoms with van der Waals surface area (Å²) in [5.74, 6) is 0.0528. The topological polar surface area (TPSA) is 41.1 Å². The van der Waals surface area contributed by atoms with Gasteiger partial charge in [0.1, 0.15) is 0 Å². The quantitative estimate of drug-likeness (QED) is 0.862. The molecule has 1 aliphatic rings. The van der Waals surface area contributed by atoms with Crippen LogP contribution in [0.15, 0.2) is 22.7 Å². The number of hydrogen-bond donors (Lipinski definition) is 2. The Labute approximate surface area is 97.4 Å². The Morgan fingerprint density at radius 1 is 1.60 bits per heavy atom. The number of benzene rings is 1. The third-order valence-electron chi connectivity index (χ3n) is 2.58. The summed E-state index contributed by atoms with van der Waals surface area (Å²) in [6.07, 6.45) is 0.929. The molecule has 1 atom stereocenters. The van der Waals surface area contributed by atoms with Gasteiger partial charge < -0.3 is 10.6 Å². The molecule has 2 rings (SSSR count). The highest BCUT2D eigenvalue weighted by molar-refractivity contribution is 9.10. The van der Waals surface area contributed by atoms with Gasteiger partial charge in [-0.1, -0.05) is 22.0 Å². The van der Waals surface area contributed by atoms with Gasteiger partial charge in [-0.2, -0.15) is 0 Å². The third kappa shape index (κ3) is 2.38. The van der Waals surface area contributed by atoms with Gasteiger partial charge in [-0.25, -0.2) is 0 Å². The maximum absolute atomic E-state index is 11.6. The predicted octanol–water partition coefficient (Wildman–Crippen LogP) is 2.06. The molecule has 1 aliphatic heterocycles. The minimum Gasteiger partial charge on any atom is -0.325 e. The van der Waals surface area contributed by atoms with Gasteiger partial charge in [0.05, 0.1) is 6.04 Å². The molecule has 0 bridgehead atoms. The highest BCUT2D eigenvalue weighted by Gasteiger charge is 2.24. The maximum atomic E-state index is 11.6. The van der Waals surface area contributed by atoms with Crippen molar-refractivity contribution in [3.8, 4) is 0 Å². The van der Waals surface area contributed by atoms with E-state index in [4.69, 9.17) is 0 Å². The zero-order valence-corrected chi connectivity index (χ0v) is 10.1. The molecule has 80 valence electrons. The van der Waals surface area contributed by atoms with Crippen molar-refractivity contribution in [3.63, 3.8) is 0 Å². The van der Waals surface area contributed by atoms with E-state index in [2.05, 4.69) is 26.6 Å². The summed E-state index contributed by atoms with van der Waals surface area (Å²) in [6.45, 7) is 2.96. The lowest BCUT2D eigenvalue weighted by Crippen LogP contribution is -2.50. The lowest BCUT2D eigenvalue weighted by molar-refractivity contribution is -0.119. The van der Waals surface area contributed by atoms with E-state index in [9.17, 15) is 4.79 Å². The standard InChI is InChI=1S/C11H13BrN2O/c1-7-2-3-8(6-9(7)12)14-11(15)10-4-5-13-10/h2-3,6,10,13H,4-5H2,1H3,(H,14,15)/t10-/m1/s1. The van der Waals surface area contributed by atoms with Gasteiger partial charge >= 0.3 is 0 Å². The number of halogens is 1. The number of nitrogens with one attached hydrogen (secondary N) is 2. The summed E-state index contributed by atoms with van der Waals surface area (Å²) >= 11 is 3.44. The van der Waals surface area contributed by atoms with Crippen molar-refractivity contribution in [2.24, 2.45) is 0 Å². The van der Waals surface area contributed by atoms with Gasteiger partial charge in [0.2, 0.25) is 5.91 Å². The van der Waals surface area contributed by atoms with Gasteiger partial charge in [-0.05, 0) is 37.6 Å². The van der Waals surface area contributed by atoms with Crippen LogP contribution in [0.3, 0.4) is 0 Å². The van der Waals surface area contributed by atoms with Crippen molar-refractivity contribution in [2.45, 2.75) is 19.4 Å². The van der Waals surface area contributed by atoms with Crippen molar-refractivity contribution >= 4 is 27.5 Å². The van der Waals surface area contributed by atoms with Crippen LogP contribution in [-0.4, -0.2) is 18.5 Å². The normalized spacial score (nSPS) is 19.5. The van der Waals surface area contributed by atoms with Crippen LogP contribution in [0.1, 0.15) is 12.0 Å². The highest BCUT2D eigenvalue weighted by Crippen LogP contribution is 2.21. The molecule has 3 nitrogen and oxygen atoms in total. The van der Waals surface area contributed by atoms with Crippen LogP contribution >= 0.6 is 15.9 Å². The van der Waals surface area contributed by atoms with E-state index in [1.54, 1.807) is 0 Å². The molecule has 0 radical (unpaired) electrons. The van der Waals surface area contributed by atoms with E-state index in [1.165, 1.54) is 0 Å². The minimum atomic E-state index is -0.00919. The Balaban J connectivity index is 2.03. The molecule has 0 unspecified atom stereocenters. The van der Waals surface area contributed by atoms with Crippen LogP contribution in [0.4, 0.5) is 5.69 Å². The number of amides is 1. The van der Waals surface area contributed by atoms with Gasteiger partial charge in [-0.3, -0.25) is 4.79 Å². The van der Waals surface area contributed by atoms with Crippen molar-refractivity contribution in [2.75, 3.05) is 11.9 Å². The molecule has 4 heteroatoms. The number of carbonyl (C=O) groups is 1. The molecule has 1 aromatic carbocycles. The van der Waals surface area contributed by atoms with Crippen LogP contribution in [0, 0.1) is 6.92 Å². The molecule has 15 heavy (non-hydrogen) atoms. The number of rotatable bonds is 2. The van der Waals surface area contributed by atoms with Crippen molar-refractivity contribution in [1.29, 1.82) is 0 Å². The van der Waals surface area contributed by atoms with Crippen LogP contribution in [0.2, 0.25) is 0 Å². The molecule has 2 N–H and O–H groups in total. The molecule has 0 saturated carbocycles. The minimum absolute atomic E-state index is 0.00919. The number of hydrogen-bond acceptors (Lipinski definition) is 2. The Kier molecular flexibility index (Phi) is 3.07. The summed E-state index contributed by atoms with van der Waals surface area (Å²) in [5.41, 5.74) is 2.00. The first-order valence-corrected chi connectivity index (χ1v) is 5.76. The Morgan fingerprint density at radius 2 is 2.33 bits per heavy atom. The molecule has 0 spiro atoms. The highest BCUT2D eigenvalue weighted by atomic mass is 79.9. The molecule has 1 heterocycles. The number of carbonyl (C=O) groups excluding carboxylic acids is 1. The smallest absolute Gasteiger partial charge is 0.241 e. The van der Waals surface area contributed by atoms with Gasteiger partial charge in [0.25, 0.3) is 0 Å². The van der Waals surface area contributed by atoms with Gasteiger partial charge in [0, 0.05) is 10.2 Å². The fourth-order valence-corrected chi connectivity index (χ4v) is 1.79. The number of anilines is 1. The van der Waals surface area contributed by atoms with Crippen LogP contribution in [-0.2, 0) is 4.79 Å². The van der Waals surface area contributed by atoms with E-state index in [-0.39, 0.29) is 11.9 Å². The monoisotopic (exact) mass is 268 g/mol. The summed E-state index contributed by atoms with van der Waals surface area (Å²) in [7, 11) is 0. The molecular weight excluding hydrogens is 256 g/mol. The summed E-state index contributed by atoms with van der Waals surface area (Å²) < 4.78 is 1.02. The van der Waals surface area contributed by atoms with Crippen LogP contribution in [0.25, 0.3) is 0 Å². The van der Waals surface area contributed by atoms with E-state index >= 15 is 0 Å². The molecule has 0 aromatic heterocycles. The van der Waals surface area contributed by atoms with Gasteiger partial charge in [-0.15, -0.1) is 0 Å². The molecule has 1 saturated heterocycles. The summed E-state index contributed by atoms with van der Waals surface area (Å²) in [6, 6.07) is 5.81. The van der Waals surface area contributed by atoms with Crippen molar-refractivity contribution in [3.05, 3.63) is 28.2 Å². The Bertz CT molecular complexity index is 388. The largest absolute Gasteiger partial charge is 0.325 e. The van der Waals surface area contributed by atoms with E-state index < -0.39 is 0 Å². The first-order chi connectivity index (χ1) is 7.16. The van der Waals surface area contributed by atoms with Crippen LogP contribution < -0.4 is 10.6 Å². The second-order valence-corrected chi connectivity index (χ2v) is 4.60. The maximum Gasteiger partial charge on any atom is 0.241 e. The average molecular weight is 269 g/mol. The van der Waals surface area contributed by atoms with E-state index in [1.807, 2.05) is 25.1 Å². The lowest BCUT2D eigenvalue weighted by Gasteiger charge is -2.26. The molecular formula is C11H13BrN2O. The third-order valence-corrected chi connectivity index (χ3v) is 3.43. The first kappa shape index (κ1) is 10.6. The van der Waals surface area contributed by atoms with Crippen molar-refractivity contribution in [1.82, 2.24) is 5.32 Å². The van der Waals surface area contributed by atoms with E-state index in [0.717, 1.165) is 28.7 Å². The Hall–Kier alpha value is -0.870. The second kappa shape index (κ2) is 4.33. The molecule has 1 fully saturated rings. The SMILES string of the molecule is Cc1ccc(NC(=O)[C@H]2CCN2)cc1Br. The predicted molar refractivity (Wildman–Crippen MR) is 63.9 cm³/mol. The van der Waals surface area contributed by atoms with Crippen LogP contribution in [0.5, 0.6) is 0 Å². The van der Waals surface area contributed by atoms with Crippen molar-refractivity contribution < 1.29 is 4.79 Å². The fraction of sp³-hybridized carbons (Fsp3) is 0.364. The zero-order valence-electron chi connectivity index (χ0n) is 8.51. The molecule has 1 amide bonds. The Morgan fingerprint density at radius 3 is 2.87 bits per heavy atom. The average Bonchev–Trinajstić information content (AvgIpc) is 2.08. The molecule has 1 aromatic rings. The summed E-state index contributed by atoms with van der Waals surface area (Å²) in [4.78, 5) is 11.6. The number of aryl methyl sites for hydroxylation is 1. The zero-order chi connectivity index (χ0) is 10.8. The summed E-state index contributed by atoms with van der Waals surface area (Å²) in [5, 5.41) is 5.95. The fourth-order valence-electron chi connectivity index (χ4n) is 1.41. The molecule has 0 aliphatic carbocycles. The van der Waals surface area contributed by atoms with Gasteiger partial charge in [0.15, 0.2) is 0 Å².